The first-order valence-electron chi connectivity index (χ1n) is 9.85. The van der Waals surface area contributed by atoms with E-state index in [9.17, 15) is 0 Å². The third-order valence-corrected chi connectivity index (χ3v) is 5.25. The lowest BCUT2D eigenvalue weighted by atomic mass is 9.98. The standard InChI is InChI=1S/C20H29N7O/c1-20(2,3)27-12-16(13-27)22-18-23-17(14-4-6-15(21)7-5-14)24-19(25-18)26-8-10-28-11-9-26/h4-7,16H,8-13,21H2,1-3H3,(H,22,23,24,25). The maximum Gasteiger partial charge on any atom is 0.230 e. The van der Waals surface area contributed by atoms with Crippen molar-refractivity contribution >= 4 is 17.6 Å². The van der Waals surface area contributed by atoms with Crippen LogP contribution in [0.2, 0.25) is 0 Å². The Morgan fingerprint density at radius 3 is 2.36 bits per heavy atom. The van der Waals surface area contributed by atoms with Crippen LogP contribution < -0.4 is 16.0 Å². The maximum atomic E-state index is 5.83. The van der Waals surface area contributed by atoms with Gasteiger partial charge in [-0.3, -0.25) is 4.90 Å². The molecule has 8 heteroatoms. The van der Waals surface area contributed by atoms with E-state index in [-0.39, 0.29) is 5.54 Å². The Hall–Kier alpha value is -2.45. The van der Waals surface area contributed by atoms with Gasteiger partial charge in [-0.05, 0) is 45.0 Å². The van der Waals surface area contributed by atoms with E-state index in [0.29, 0.717) is 37.0 Å². The summed E-state index contributed by atoms with van der Waals surface area (Å²) in [4.78, 5) is 18.7. The monoisotopic (exact) mass is 383 g/mol. The second-order valence-electron chi connectivity index (χ2n) is 8.42. The number of benzene rings is 1. The molecule has 0 saturated carbocycles. The Kier molecular flexibility index (Phi) is 5.07. The van der Waals surface area contributed by atoms with Gasteiger partial charge in [0.1, 0.15) is 0 Å². The van der Waals surface area contributed by atoms with E-state index in [1.165, 1.54) is 0 Å². The van der Waals surface area contributed by atoms with Crippen molar-refractivity contribution in [3.8, 4) is 11.4 Å². The molecule has 0 bridgehead atoms. The van der Waals surface area contributed by atoms with Gasteiger partial charge >= 0.3 is 0 Å². The summed E-state index contributed by atoms with van der Waals surface area (Å²) < 4.78 is 5.47. The second kappa shape index (κ2) is 7.52. The Morgan fingerprint density at radius 2 is 1.71 bits per heavy atom. The summed E-state index contributed by atoms with van der Waals surface area (Å²) in [6.07, 6.45) is 0. The van der Waals surface area contributed by atoms with Gasteiger partial charge in [-0.2, -0.15) is 15.0 Å². The summed E-state index contributed by atoms with van der Waals surface area (Å²) in [6.45, 7) is 11.6. The largest absolute Gasteiger partial charge is 0.399 e. The number of nitrogens with zero attached hydrogens (tertiary/aromatic N) is 5. The van der Waals surface area contributed by atoms with Crippen LogP contribution in [0.25, 0.3) is 11.4 Å². The molecule has 0 radical (unpaired) electrons. The molecule has 0 amide bonds. The van der Waals surface area contributed by atoms with Crippen molar-refractivity contribution in [2.45, 2.75) is 32.4 Å². The molecule has 8 nitrogen and oxygen atoms in total. The lowest BCUT2D eigenvalue weighted by molar-refractivity contribution is 0.0565. The summed E-state index contributed by atoms with van der Waals surface area (Å²) in [5.74, 6) is 1.98. The highest BCUT2D eigenvalue weighted by molar-refractivity contribution is 5.61. The zero-order valence-electron chi connectivity index (χ0n) is 16.9. The number of hydrogen-bond acceptors (Lipinski definition) is 8. The molecule has 28 heavy (non-hydrogen) atoms. The smallest absolute Gasteiger partial charge is 0.230 e. The number of aromatic nitrogens is 3. The molecule has 0 unspecified atom stereocenters. The van der Waals surface area contributed by atoms with E-state index in [1.54, 1.807) is 0 Å². The Labute approximate surface area is 166 Å². The molecule has 0 atom stereocenters. The number of anilines is 3. The van der Waals surface area contributed by atoms with Gasteiger partial charge in [0.2, 0.25) is 11.9 Å². The first-order chi connectivity index (χ1) is 13.4. The van der Waals surface area contributed by atoms with Crippen molar-refractivity contribution in [2.75, 3.05) is 55.3 Å². The molecule has 2 aromatic rings. The van der Waals surface area contributed by atoms with E-state index in [4.69, 9.17) is 20.4 Å². The van der Waals surface area contributed by atoms with Crippen LogP contribution in [0.3, 0.4) is 0 Å². The van der Waals surface area contributed by atoms with E-state index in [2.05, 4.69) is 40.9 Å². The highest BCUT2D eigenvalue weighted by Gasteiger charge is 2.34. The van der Waals surface area contributed by atoms with Crippen molar-refractivity contribution in [3.63, 3.8) is 0 Å². The van der Waals surface area contributed by atoms with Crippen molar-refractivity contribution in [1.29, 1.82) is 0 Å². The number of ether oxygens (including phenoxy) is 1. The van der Waals surface area contributed by atoms with Crippen LogP contribution in [0.4, 0.5) is 17.6 Å². The number of rotatable bonds is 4. The Bertz CT molecular complexity index is 806. The maximum absolute atomic E-state index is 5.83. The molecule has 3 N–H and O–H groups in total. The average Bonchev–Trinajstić information content (AvgIpc) is 2.64. The van der Waals surface area contributed by atoms with Gasteiger partial charge in [0.05, 0.1) is 19.3 Å². The van der Waals surface area contributed by atoms with Crippen LogP contribution in [0.1, 0.15) is 20.8 Å². The van der Waals surface area contributed by atoms with Gasteiger partial charge < -0.3 is 20.7 Å². The highest BCUT2D eigenvalue weighted by Crippen LogP contribution is 2.25. The summed E-state index contributed by atoms with van der Waals surface area (Å²) in [5.41, 5.74) is 7.67. The molecule has 2 aliphatic rings. The molecule has 1 aromatic carbocycles. The van der Waals surface area contributed by atoms with Crippen molar-refractivity contribution in [3.05, 3.63) is 24.3 Å². The predicted octanol–water partition coefficient (Wildman–Crippen LogP) is 1.85. The van der Waals surface area contributed by atoms with E-state index in [1.807, 2.05) is 24.3 Å². The minimum Gasteiger partial charge on any atom is -0.399 e. The lowest BCUT2D eigenvalue weighted by Gasteiger charge is -2.47. The molecule has 3 heterocycles. The summed E-state index contributed by atoms with van der Waals surface area (Å²) in [5, 5.41) is 3.49. The summed E-state index contributed by atoms with van der Waals surface area (Å²) >= 11 is 0. The quantitative estimate of drug-likeness (QED) is 0.773. The fourth-order valence-electron chi connectivity index (χ4n) is 3.40. The first kappa shape index (κ1) is 18.9. The third kappa shape index (κ3) is 4.18. The number of nitrogens with two attached hydrogens (primary N) is 1. The first-order valence-corrected chi connectivity index (χ1v) is 9.85. The zero-order valence-corrected chi connectivity index (χ0v) is 16.9. The van der Waals surface area contributed by atoms with Gasteiger partial charge in [0, 0.05) is 43.0 Å². The molecule has 1 aromatic heterocycles. The zero-order chi connectivity index (χ0) is 19.7. The molecule has 2 aliphatic heterocycles. The van der Waals surface area contributed by atoms with E-state index < -0.39 is 0 Å². The molecular formula is C20H29N7O. The van der Waals surface area contributed by atoms with Crippen molar-refractivity contribution in [1.82, 2.24) is 19.9 Å². The van der Waals surface area contributed by atoms with Crippen molar-refractivity contribution in [2.24, 2.45) is 0 Å². The number of morpholine rings is 1. The molecule has 0 aliphatic carbocycles. The number of nitrogen functional groups attached to an aromatic ring is 1. The van der Waals surface area contributed by atoms with Gasteiger partial charge in [0.25, 0.3) is 0 Å². The molecule has 2 fully saturated rings. The highest BCUT2D eigenvalue weighted by atomic mass is 16.5. The molecule has 4 rings (SSSR count). The van der Waals surface area contributed by atoms with Crippen LogP contribution in [0.5, 0.6) is 0 Å². The Morgan fingerprint density at radius 1 is 1.04 bits per heavy atom. The third-order valence-electron chi connectivity index (χ3n) is 5.25. The molecule has 150 valence electrons. The molecular weight excluding hydrogens is 354 g/mol. The minimum absolute atomic E-state index is 0.186. The van der Waals surface area contributed by atoms with Gasteiger partial charge in [-0.15, -0.1) is 0 Å². The fraction of sp³-hybridized carbons (Fsp3) is 0.550. The number of nitrogens with one attached hydrogen (secondary N) is 1. The van der Waals surface area contributed by atoms with E-state index >= 15 is 0 Å². The van der Waals surface area contributed by atoms with E-state index in [0.717, 1.165) is 37.4 Å². The normalized spacial score (nSPS) is 18.8. The average molecular weight is 384 g/mol. The predicted molar refractivity (Wildman–Crippen MR) is 111 cm³/mol. The topological polar surface area (TPSA) is 92.4 Å². The van der Waals surface area contributed by atoms with Crippen LogP contribution in [-0.4, -0.2) is 70.8 Å². The molecule has 0 spiro atoms. The number of hydrogen-bond donors (Lipinski definition) is 2. The number of likely N-dealkylation sites (tertiary alicyclic amines) is 1. The van der Waals surface area contributed by atoms with Crippen LogP contribution in [-0.2, 0) is 4.74 Å². The van der Waals surface area contributed by atoms with Gasteiger partial charge in [0.15, 0.2) is 5.82 Å². The van der Waals surface area contributed by atoms with Gasteiger partial charge in [-0.1, -0.05) is 0 Å². The van der Waals surface area contributed by atoms with Crippen LogP contribution in [0.15, 0.2) is 24.3 Å². The summed E-state index contributed by atoms with van der Waals surface area (Å²) in [7, 11) is 0. The summed E-state index contributed by atoms with van der Waals surface area (Å²) in [6, 6.07) is 7.98. The second-order valence-corrected chi connectivity index (χ2v) is 8.42. The van der Waals surface area contributed by atoms with Crippen molar-refractivity contribution < 1.29 is 4.74 Å². The lowest BCUT2D eigenvalue weighted by Crippen LogP contribution is -2.61. The Balaban J connectivity index is 1.58. The molecule has 2 saturated heterocycles. The van der Waals surface area contributed by atoms with Crippen LogP contribution in [0, 0.1) is 0 Å². The van der Waals surface area contributed by atoms with Gasteiger partial charge in [-0.25, -0.2) is 0 Å². The SMILES string of the molecule is CC(C)(C)N1CC(Nc2nc(-c3ccc(N)cc3)nc(N3CCOCC3)n2)C1. The van der Waals surface area contributed by atoms with Crippen LogP contribution >= 0.6 is 0 Å². The minimum atomic E-state index is 0.186. The fourth-order valence-corrected chi connectivity index (χ4v) is 3.40.